The van der Waals surface area contributed by atoms with E-state index >= 15 is 0 Å². The van der Waals surface area contributed by atoms with Crippen LogP contribution in [0.15, 0.2) is 30.0 Å². The molecule has 0 bridgehead atoms. The lowest BCUT2D eigenvalue weighted by atomic mass is 10.1. The molecule has 0 spiro atoms. The first kappa shape index (κ1) is 11.3. The van der Waals surface area contributed by atoms with Crippen molar-refractivity contribution in [1.29, 1.82) is 5.41 Å². The summed E-state index contributed by atoms with van der Waals surface area (Å²) in [5, 5.41) is 10.8. The molecule has 0 unspecified atom stereocenters. The lowest BCUT2D eigenvalue weighted by Crippen LogP contribution is -2.13. The molecule has 3 nitrogen and oxygen atoms in total. The van der Waals surface area contributed by atoms with Gasteiger partial charge in [0.15, 0.2) is 0 Å². The van der Waals surface area contributed by atoms with Gasteiger partial charge in [-0.2, -0.15) is 0 Å². The second-order valence-electron chi connectivity index (χ2n) is 3.60. The largest absolute Gasteiger partial charge is 0.404 e. The Morgan fingerprint density at radius 2 is 2.07 bits per heavy atom. The summed E-state index contributed by atoms with van der Waals surface area (Å²) in [5.74, 6) is 0.339. The van der Waals surface area contributed by atoms with E-state index < -0.39 is 0 Å². The van der Waals surface area contributed by atoms with E-state index in [2.05, 4.69) is 18.3 Å². The van der Waals surface area contributed by atoms with E-state index in [0.717, 1.165) is 16.8 Å². The number of aryl methyl sites for hydroxylation is 1. The zero-order valence-electron chi connectivity index (χ0n) is 9.39. The van der Waals surface area contributed by atoms with E-state index in [4.69, 9.17) is 11.1 Å². The van der Waals surface area contributed by atoms with E-state index in [9.17, 15) is 0 Å². The molecule has 0 aromatic heterocycles. The van der Waals surface area contributed by atoms with E-state index in [-0.39, 0.29) is 0 Å². The number of amidine groups is 1. The molecule has 0 heterocycles. The van der Waals surface area contributed by atoms with Gasteiger partial charge in [-0.25, -0.2) is 0 Å². The standard InChI is InChI=1S/C12H17N3/c1-8-5-4-6-11(10(8)3)15-12(14)9(2)7-13/h4-7H,13H2,1-3H3,(H2,14,15)/b9-7-. The van der Waals surface area contributed by atoms with Crippen LogP contribution < -0.4 is 11.1 Å². The molecule has 0 aliphatic carbocycles. The molecule has 15 heavy (non-hydrogen) atoms. The highest BCUT2D eigenvalue weighted by Crippen LogP contribution is 2.18. The molecule has 4 N–H and O–H groups in total. The number of nitrogens with two attached hydrogens (primary N) is 1. The topological polar surface area (TPSA) is 61.9 Å². The number of nitrogens with one attached hydrogen (secondary N) is 2. The van der Waals surface area contributed by atoms with Gasteiger partial charge in [0.1, 0.15) is 5.84 Å². The van der Waals surface area contributed by atoms with Gasteiger partial charge in [-0.1, -0.05) is 12.1 Å². The van der Waals surface area contributed by atoms with Crippen molar-refractivity contribution in [2.24, 2.45) is 5.73 Å². The molecule has 0 amide bonds. The molecule has 0 aliphatic heterocycles. The molecular weight excluding hydrogens is 186 g/mol. The maximum Gasteiger partial charge on any atom is 0.126 e. The summed E-state index contributed by atoms with van der Waals surface area (Å²) >= 11 is 0. The van der Waals surface area contributed by atoms with Crippen molar-refractivity contribution in [3.05, 3.63) is 41.1 Å². The van der Waals surface area contributed by atoms with Crippen molar-refractivity contribution in [1.82, 2.24) is 0 Å². The van der Waals surface area contributed by atoms with Crippen LogP contribution in [0.2, 0.25) is 0 Å². The van der Waals surface area contributed by atoms with Gasteiger partial charge in [0.25, 0.3) is 0 Å². The lowest BCUT2D eigenvalue weighted by Gasteiger charge is -2.12. The summed E-state index contributed by atoms with van der Waals surface area (Å²) in [6, 6.07) is 5.98. The highest BCUT2D eigenvalue weighted by Gasteiger charge is 2.03. The maximum atomic E-state index is 7.74. The van der Waals surface area contributed by atoms with Gasteiger partial charge in [-0.15, -0.1) is 0 Å². The number of benzene rings is 1. The minimum Gasteiger partial charge on any atom is -0.404 e. The SMILES string of the molecule is C/C(=C/N)C(=N)Nc1cccc(C)c1C. The van der Waals surface area contributed by atoms with Crippen LogP contribution in [0.25, 0.3) is 0 Å². The maximum absolute atomic E-state index is 7.74. The quantitative estimate of drug-likeness (QED) is 0.511. The van der Waals surface area contributed by atoms with E-state index in [1.54, 1.807) is 6.92 Å². The molecule has 0 atom stereocenters. The summed E-state index contributed by atoms with van der Waals surface area (Å²) in [5.41, 5.74) is 9.41. The third-order valence-corrected chi connectivity index (χ3v) is 2.51. The smallest absolute Gasteiger partial charge is 0.126 e. The molecule has 3 heteroatoms. The van der Waals surface area contributed by atoms with Gasteiger partial charge >= 0.3 is 0 Å². The Kier molecular flexibility index (Phi) is 3.50. The number of anilines is 1. The molecule has 0 fully saturated rings. The number of hydrogen-bond acceptors (Lipinski definition) is 2. The minimum atomic E-state index is 0.339. The Balaban J connectivity index is 2.91. The predicted octanol–water partition coefficient (Wildman–Crippen LogP) is 2.56. The van der Waals surface area contributed by atoms with E-state index in [1.807, 2.05) is 19.1 Å². The van der Waals surface area contributed by atoms with Crippen LogP contribution in [0, 0.1) is 19.3 Å². The van der Waals surface area contributed by atoms with E-state index in [0.29, 0.717) is 5.84 Å². The van der Waals surface area contributed by atoms with Gasteiger partial charge in [0.05, 0.1) is 0 Å². The molecule has 0 saturated carbocycles. The van der Waals surface area contributed by atoms with Crippen molar-refractivity contribution < 1.29 is 0 Å². The number of hydrogen-bond donors (Lipinski definition) is 3. The molecule has 1 aromatic rings. The lowest BCUT2D eigenvalue weighted by molar-refractivity contribution is 1.32. The summed E-state index contributed by atoms with van der Waals surface area (Å²) < 4.78 is 0. The Labute approximate surface area is 90.5 Å². The summed E-state index contributed by atoms with van der Waals surface area (Å²) in [6.07, 6.45) is 1.43. The molecule has 0 saturated heterocycles. The summed E-state index contributed by atoms with van der Waals surface area (Å²) in [6.45, 7) is 5.89. The normalized spacial score (nSPS) is 11.3. The summed E-state index contributed by atoms with van der Waals surface area (Å²) in [4.78, 5) is 0. The van der Waals surface area contributed by atoms with Crippen LogP contribution >= 0.6 is 0 Å². The second kappa shape index (κ2) is 4.64. The average Bonchev–Trinajstić information content (AvgIpc) is 2.23. The first-order chi connectivity index (χ1) is 7.06. The molecule has 1 aromatic carbocycles. The van der Waals surface area contributed by atoms with Crippen molar-refractivity contribution in [3.8, 4) is 0 Å². The Bertz CT molecular complexity index is 405. The van der Waals surface area contributed by atoms with Crippen LogP contribution in [0.3, 0.4) is 0 Å². The van der Waals surface area contributed by atoms with Gasteiger partial charge in [0, 0.05) is 17.5 Å². The fraction of sp³-hybridized carbons (Fsp3) is 0.250. The van der Waals surface area contributed by atoms with Crippen LogP contribution in [0.1, 0.15) is 18.1 Å². The van der Waals surface area contributed by atoms with Gasteiger partial charge < -0.3 is 11.1 Å². The highest BCUT2D eigenvalue weighted by atomic mass is 14.9. The molecule has 0 radical (unpaired) electrons. The van der Waals surface area contributed by atoms with Crippen LogP contribution in [0.5, 0.6) is 0 Å². The molecule has 1 rings (SSSR count). The number of rotatable bonds is 2. The highest BCUT2D eigenvalue weighted by molar-refractivity contribution is 6.05. The first-order valence-electron chi connectivity index (χ1n) is 4.87. The molecule has 0 aliphatic rings. The Morgan fingerprint density at radius 1 is 1.40 bits per heavy atom. The fourth-order valence-electron chi connectivity index (χ4n) is 1.20. The Morgan fingerprint density at radius 3 is 2.67 bits per heavy atom. The first-order valence-corrected chi connectivity index (χ1v) is 4.87. The minimum absolute atomic E-state index is 0.339. The third kappa shape index (κ3) is 2.59. The zero-order valence-corrected chi connectivity index (χ0v) is 9.39. The van der Waals surface area contributed by atoms with Crippen molar-refractivity contribution >= 4 is 11.5 Å². The van der Waals surface area contributed by atoms with Gasteiger partial charge in [-0.3, -0.25) is 5.41 Å². The van der Waals surface area contributed by atoms with Crippen molar-refractivity contribution in [2.75, 3.05) is 5.32 Å². The summed E-state index contributed by atoms with van der Waals surface area (Å²) in [7, 11) is 0. The van der Waals surface area contributed by atoms with Gasteiger partial charge in [-0.05, 0) is 38.0 Å². The van der Waals surface area contributed by atoms with Crippen LogP contribution in [-0.4, -0.2) is 5.84 Å². The molecule has 80 valence electrons. The second-order valence-corrected chi connectivity index (χ2v) is 3.60. The predicted molar refractivity (Wildman–Crippen MR) is 65.2 cm³/mol. The zero-order chi connectivity index (χ0) is 11.4. The van der Waals surface area contributed by atoms with Crippen molar-refractivity contribution in [2.45, 2.75) is 20.8 Å². The van der Waals surface area contributed by atoms with E-state index in [1.165, 1.54) is 11.8 Å². The van der Waals surface area contributed by atoms with Crippen LogP contribution in [-0.2, 0) is 0 Å². The monoisotopic (exact) mass is 203 g/mol. The fourth-order valence-corrected chi connectivity index (χ4v) is 1.20. The Hall–Kier alpha value is -1.77. The van der Waals surface area contributed by atoms with Crippen LogP contribution in [0.4, 0.5) is 5.69 Å². The average molecular weight is 203 g/mol. The molecular formula is C12H17N3. The van der Waals surface area contributed by atoms with Gasteiger partial charge in [0.2, 0.25) is 0 Å². The third-order valence-electron chi connectivity index (χ3n) is 2.51. The van der Waals surface area contributed by atoms with Crippen molar-refractivity contribution in [3.63, 3.8) is 0 Å².